The summed E-state index contributed by atoms with van der Waals surface area (Å²) >= 11 is 1.52. The number of benzene rings is 1. The highest BCUT2D eigenvalue weighted by atomic mass is 32.2. The number of nitro benzene ring substituents is 1. The number of thioether (sulfide) groups is 1. The molecule has 0 saturated carbocycles. The molecule has 17 heavy (non-hydrogen) atoms. The SMILES string of the molecule is CCCCCSc1cccc([N+](=O)[O-])c1C#N. The van der Waals surface area contributed by atoms with Crippen molar-refractivity contribution >= 4 is 17.4 Å². The quantitative estimate of drug-likeness (QED) is 0.334. The Kier molecular flexibility index (Phi) is 5.50. The molecule has 0 aliphatic rings. The lowest BCUT2D eigenvalue weighted by molar-refractivity contribution is -0.385. The minimum absolute atomic E-state index is 0.104. The van der Waals surface area contributed by atoms with Crippen LogP contribution in [0.5, 0.6) is 0 Å². The van der Waals surface area contributed by atoms with E-state index in [0.29, 0.717) is 4.90 Å². The number of unbranched alkanes of at least 4 members (excludes halogenated alkanes) is 2. The number of nitriles is 1. The van der Waals surface area contributed by atoms with Gasteiger partial charge in [0.1, 0.15) is 11.6 Å². The molecular weight excluding hydrogens is 236 g/mol. The normalized spacial score (nSPS) is 9.88. The van der Waals surface area contributed by atoms with Gasteiger partial charge in [0.2, 0.25) is 0 Å². The Bertz CT molecular complexity index is 441. The molecule has 0 heterocycles. The second-order valence-electron chi connectivity index (χ2n) is 3.57. The van der Waals surface area contributed by atoms with Crippen molar-refractivity contribution in [3.8, 4) is 6.07 Å². The maximum Gasteiger partial charge on any atom is 0.288 e. The van der Waals surface area contributed by atoms with E-state index in [-0.39, 0.29) is 11.3 Å². The Hall–Kier alpha value is -1.54. The van der Waals surface area contributed by atoms with Crippen molar-refractivity contribution in [1.82, 2.24) is 0 Å². The summed E-state index contributed by atoms with van der Waals surface area (Å²) in [6.07, 6.45) is 3.35. The van der Waals surface area contributed by atoms with Crippen molar-refractivity contribution in [2.75, 3.05) is 5.75 Å². The van der Waals surface area contributed by atoms with E-state index in [9.17, 15) is 10.1 Å². The lowest BCUT2D eigenvalue weighted by Crippen LogP contribution is -1.94. The van der Waals surface area contributed by atoms with Crippen molar-refractivity contribution in [3.05, 3.63) is 33.9 Å². The minimum Gasteiger partial charge on any atom is -0.258 e. The van der Waals surface area contributed by atoms with Crippen LogP contribution in [0.2, 0.25) is 0 Å². The van der Waals surface area contributed by atoms with Gasteiger partial charge in [-0.05, 0) is 18.2 Å². The first kappa shape index (κ1) is 13.5. The Labute approximate surface area is 105 Å². The van der Waals surface area contributed by atoms with Crippen LogP contribution in [0.25, 0.3) is 0 Å². The molecule has 1 aromatic rings. The van der Waals surface area contributed by atoms with Gasteiger partial charge < -0.3 is 0 Å². The summed E-state index contributed by atoms with van der Waals surface area (Å²) in [6.45, 7) is 2.12. The summed E-state index contributed by atoms with van der Waals surface area (Å²) in [7, 11) is 0. The molecule has 0 radical (unpaired) electrons. The van der Waals surface area contributed by atoms with E-state index in [1.807, 2.05) is 6.07 Å². The molecular formula is C12H14N2O2S. The van der Waals surface area contributed by atoms with Crippen LogP contribution in [0.4, 0.5) is 5.69 Å². The minimum atomic E-state index is -0.505. The third-order valence-electron chi connectivity index (χ3n) is 2.32. The van der Waals surface area contributed by atoms with E-state index in [4.69, 9.17) is 5.26 Å². The van der Waals surface area contributed by atoms with Crippen LogP contribution >= 0.6 is 11.8 Å². The first-order valence-electron chi connectivity index (χ1n) is 5.51. The van der Waals surface area contributed by atoms with Gasteiger partial charge in [0, 0.05) is 11.0 Å². The third-order valence-corrected chi connectivity index (χ3v) is 3.46. The molecule has 0 spiro atoms. The predicted octanol–water partition coefficient (Wildman–Crippen LogP) is 3.75. The van der Waals surface area contributed by atoms with Gasteiger partial charge in [0.05, 0.1) is 4.92 Å². The molecule has 0 atom stereocenters. The first-order valence-corrected chi connectivity index (χ1v) is 6.49. The molecule has 0 aliphatic carbocycles. The van der Waals surface area contributed by atoms with Gasteiger partial charge in [0.15, 0.2) is 0 Å². The Morgan fingerprint density at radius 1 is 1.47 bits per heavy atom. The monoisotopic (exact) mass is 250 g/mol. The standard InChI is InChI=1S/C12H14N2O2S/c1-2-3-4-8-17-12-7-5-6-11(14(15)16)10(12)9-13/h5-7H,2-4,8H2,1H3. The van der Waals surface area contributed by atoms with Crippen LogP contribution in [0.1, 0.15) is 31.7 Å². The maximum absolute atomic E-state index is 10.8. The fourth-order valence-corrected chi connectivity index (χ4v) is 2.48. The molecule has 0 bridgehead atoms. The van der Waals surface area contributed by atoms with Gasteiger partial charge in [-0.25, -0.2) is 0 Å². The lowest BCUT2D eigenvalue weighted by atomic mass is 10.2. The van der Waals surface area contributed by atoms with Crippen LogP contribution < -0.4 is 0 Å². The molecule has 0 N–H and O–H groups in total. The van der Waals surface area contributed by atoms with E-state index in [1.54, 1.807) is 12.1 Å². The Balaban J connectivity index is 2.82. The Morgan fingerprint density at radius 3 is 2.82 bits per heavy atom. The number of hydrogen-bond acceptors (Lipinski definition) is 4. The van der Waals surface area contributed by atoms with Gasteiger partial charge in [-0.3, -0.25) is 10.1 Å². The highest BCUT2D eigenvalue weighted by Crippen LogP contribution is 2.29. The van der Waals surface area contributed by atoms with Crippen LogP contribution in [0.3, 0.4) is 0 Å². The fraction of sp³-hybridized carbons (Fsp3) is 0.417. The van der Waals surface area contributed by atoms with Crippen molar-refractivity contribution in [1.29, 1.82) is 5.26 Å². The molecule has 4 nitrogen and oxygen atoms in total. The summed E-state index contributed by atoms with van der Waals surface area (Å²) in [5, 5.41) is 19.7. The third kappa shape index (κ3) is 3.75. The van der Waals surface area contributed by atoms with Crippen molar-refractivity contribution in [2.45, 2.75) is 31.1 Å². The zero-order chi connectivity index (χ0) is 12.7. The van der Waals surface area contributed by atoms with Crippen molar-refractivity contribution in [2.24, 2.45) is 0 Å². The molecule has 0 unspecified atom stereocenters. The summed E-state index contributed by atoms with van der Waals surface area (Å²) in [6, 6.07) is 6.69. The lowest BCUT2D eigenvalue weighted by Gasteiger charge is -2.03. The van der Waals surface area contributed by atoms with Gasteiger partial charge in [-0.2, -0.15) is 5.26 Å². The Morgan fingerprint density at radius 2 is 2.24 bits per heavy atom. The van der Waals surface area contributed by atoms with Crippen molar-refractivity contribution < 1.29 is 4.92 Å². The van der Waals surface area contributed by atoms with Gasteiger partial charge in [-0.1, -0.05) is 25.8 Å². The van der Waals surface area contributed by atoms with Gasteiger partial charge >= 0.3 is 0 Å². The van der Waals surface area contributed by atoms with Gasteiger partial charge in [-0.15, -0.1) is 11.8 Å². The van der Waals surface area contributed by atoms with Gasteiger partial charge in [0.25, 0.3) is 5.69 Å². The average molecular weight is 250 g/mol. The van der Waals surface area contributed by atoms with Crippen molar-refractivity contribution in [3.63, 3.8) is 0 Å². The molecule has 1 rings (SSSR count). The van der Waals surface area contributed by atoms with Crippen LogP contribution in [-0.2, 0) is 0 Å². The zero-order valence-electron chi connectivity index (χ0n) is 9.68. The molecule has 5 heteroatoms. The smallest absolute Gasteiger partial charge is 0.258 e. The molecule has 0 aromatic heterocycles. The molecule has 0 aliphatic heterocycles. The second-order valence-corrected chi connectivity index (χ2v) is 4.71. The molecule has 90 valence electrons. The summed E-state index contributed by atoms with van der Waals surface area (Å²) in [5.41, 5.74) is 0.0759. The summed E-state index contributed by atoms with van der Waals surface area (Å²) in [4.78, 5) is 11.0. The van der Waals surface area contributed by atoms with E-state index >= 15 is 0 Å². The summed E-state index contributed by atoms with van der Waals surface area (Å²) in [5.74, 6) is 0.893. The second kappa shape index (κ2) is 6.92. The van der Waals surface area contributed by atoms with Crippen LogP contribution in [-0.4, -0.2) is 10.7 Å². The largest absolute Gasteiger partial charge is 0.288 e. The van der Waals surface area contributed by atoms with Crippen LogP contribution in [0, 0.1) is 21.4 Å². The average Bonchev–Trinajstić information content (AvgIpc) is 2.34. The number of rotatable bonds is 6. The predicted molar refractivity (Wildman–Crippen MR) is 68.1 cm³/mol. The number of nitrogens with zero attached hydrogens (tertiary/aromatic N) is 2. The molecule has 1 aromatic carbocycles. The van der Waals surface area contributed by atoms with E-state index in [0.717, 1.165) is 25.0 Å². The molecule has 0 saturated heterocycles. The topological polar surface area (TPSA) is 66.9 Å². The van der Waals surface area contributed by atoms with Crippen LogP contribution in [0.15, 0.2) is 23.1 Å². The molecule has 0 fully saturated rings. The fourth-order valence-electron chi connectivity index (χ4n) is 1.44. The number of nitro groups is 1. The first-order chi connectivity index (χ1) is 8.20. The zero-order valence-corrected chi connectivity index (χ0v) is 10.5. The number of hydrogen-bond donors (Lipinski definition) is 0. The summed E-state index contributed by atoms with van der Waals surface area (Å²) < 4.78 is 0. The van der Waals surface area contributed by atoms with E-state index < -0.39 is 4.92 Å². The van der Waals surface area contributed by atoms with E-state index in [2.05, 4.69) is 6.92 Å². The highest BCUT2D eigenvalue weighted by molar-refractivity contribution is 7.99. The maximum atomic E-state index is 10.8. The molecule has 0 amide bonds. The highest BCUT2D eigenvalue weighted by Gasteiger charge is 2.16. The van der Waals surface area contributed by atoms with E-state index in [1.165, 1.54) is 17.8 Å².